The minimum atomic E-state index is -3.90. The number of ether oxygens (including phenoxy) is 2. The lowest BCUT2D eigenvalue weighted by molar-refractivity contribution is -0.144. The van der Waals surface area contributed by atoms with Gasteiger partial charge in [0.05, 0.1) is 4.90 Å². The summed E-state index contributed by atoms with van der Waals surface area (Å²) in [6.45, 7) is 0.858. The van der Waals surface area contributed by atoms with Gasteiger partial charge in [0.1, 0.15) is 31.3 Å². The highest BCUT2D eigenvalue weighted by Gasteiger charge is 2.23. The second-order valence-corrected chi connectivity index (χ2v) is 7.91. The largest absolute Gasteiger partial charge is 0.490 e. The van der Waals surface area contributed by atoms with Crippen LogP contribution in [0.4, 0.5) is 4.39 Å². The third kappa shape index (κ3) is 5.86. The van der Waals surface area contributed by atoms with Crippen molar-refractivity contribution in [1.82, 2.24) is 4.31 Å². The Hall–Kier alpha value is -2.78. The number of Topliss-reactive ketones (excluding diaryl/α,β-unsaturated/α-hetero) is 1. The van der Waals surface area contributed by atoms with Crippen LogP contribution in [-0.2, 0) is 19.6 Å². The number of hydrogen-bond acceptors (Lipinski definition) is 6. The summed E-state index contributed by atoms with van der Waals surface area (Å²) < 4.78 is 48.8. The normalized spacial score (nSPS) is 11.3. The van der Waals surface area contributed by atoms with Crippen LogP contribution in [0.2, 0.25) is 0 Å². The monoisotopic (exact) mass is 409 g/mol. The first-order chi connectivity index (χ1) is 13.2. The summed E-state index contributed by atoms with van der Waals surface area (Å²) in [5.41, 5.74) is 0.391. The van der Waals surface area contributed by atoms with Crippen LogP contribution >= 0.6 is 0 Å². The van der Waals surface area contributed by atoms with Crippen LogP contribution in [0.1, 0.15) is 17.3 Å². The van der Waals surface area contributed by atoms with Crippen LogP contribution in [0.25, 0.3) is 0 Å². The number of esters is 1. The minimum absolute atomic E-state index is 0.0348. The molecule has 2 aromatic rings. The van der Waals surface area contributed by atoms with Gasteiger partial charge in [-0.05, 0) is 43.3 Å². The van der Waals surface area contributed by atoms with Gasteiger partial charge < -0.3 is 9.47 Å². The lowest BCUT2D eigenvalue weighted by Gasteiger charge is -2.16. The van der Waals surface area contributed by atoms with Gasteiger partial charge >= 0.3 is 5.97 Å². The first-order valence-electron chi connectivity index (χ1n) is 8.31. The quantitative estimate of drug-likeness (QED) is 0.359. The Morgan fingerprint density at radius 2 is 1.61 bits per heavy atom. The molecular formula is C19H20FNO6S. The molecular weight excluding hydrogens is 389 g/mol. The number of carbonyl (C=O) groups is 2. The van der Waals surface area contributed by atoms with Gasteiger partial charge in [0, 0.05) is 12.6 Å². The van der Waals surface area contributed by atoms with Crippen LogP contribution in [0.15, 0.2) is 53.4 Å². The molecule has 7 nitrogen and oxygen atoms in total. The fourth-order valence-electron chi connectivity index (χ4n) is 2.20. The van der Waals surface area contributed by atoms with Crippen LogP contribution in [0.3, 0.4) is 0 Å². The zero-order valence-corrected chi connectivity index (χ0v) is 16.2. The number of ketones is 1. The fraction of sp³-hybridized carbons (Fsp3) is 0.263. The van der Waals surface area contributed by atoms with Crippen molar-refractivity contribution in [1.29, 1.82) is 0 Å². The molecule has 0 heterocycles. The van der Waals surface area contributed by atoms with Gasteiger partial charge in [-0.25, -0.2) is 12.8 Å². The maximum Gasteiger partial charge on any atom is 0.321 e. The second-order valence-electron chi connectivity index (χ2n) is 5.86. The molecule has 28 heavy (non-hydrogen) atoms. The molecule has 0 fully saturated rings. The van der Waals surface area contributed by atoms with Crippen LogP contribution in [0.5, 0.6) is 5.75 Å². The van der Waals surface area contributed by atoms with E-state index in [1.165, 1.54) is 62.5 Å². The SMILES string of the molecule is CC(=O)c1ccc(S(=O)(=O)N(C)CC(=O)OCCOc2ccc(F)cc2)cc1. The number of nitrogens with zero attached hydrogens (tertiary/aromatic N) is 1. The maximum absolute atomic E-state index is 12.8. The molecule has 0 amide bonds. The van der Waals surface area contributed by atoms with E-state index in [1.807, 2.05) is 0 Å². The zero-order chi connectivity index (χ0) is 20.7. The molecule has 2 aromatic carbocycles. The van der Waals surface area contributed by atoms with Crippen molar-refractivity contribution in [2.24, 2.45) is 0 Å². The Labute approximate surface area is 162 Å². The molecule has 0 aliphatic rings. The highest BCUT2D eigenvalue weighted by atomic mass is 32.2. The van der Waals surface area contributed by atoms with Gasteiger partial charge in [0.15, 0.2) is 5.78 Å². The number of sulfonamides is 1. The van der Waals surface area contributed by atoms with Crippen molar-refractivity contribution in [3.63, 3.8) is 0 Å². The highest BCUT2D eigenvalue weighted by molar-refractivity contribution is 7.89. The summed E-state index contributed by atoms with van der Waals surface area (Å²) in [4.78, 5) is 23.1. The van der Waals surface area contributed by atoms with Gasteiger partial charge in [-0.2, -0.15) is 4.31 Å². The van der Waals surface area contributed by atoms with E-state index in [-0.39, 0.29) is 29.7 Å². The average molecular weight is 409 g/mol. The number of hydrogen-bond donors (Lipinski definition) is 0. The second kappa shape index (κ2) is 9.43. The predicted octanol–water partition coefficient (Wildman–Crippen LogP) is 2.27. The Bertz CT molecular complexity index is 926. The molecule has 0 N–H and O–H groups in total. The summed E-state index contributed by atoms with van der Waals surface area (Å²) in [5, 5.41) is 0. The molecule has 0 saturated heterocycles. The molecule has 9 heteroatoms. The highest BCUT2D eigenvalue weighted by Crippen LogP contribution is 2.15. The third-order valence-corrected chi connectivity index (χ3v) is 5.57. The zero-order valence-electron chi connectivity index (χ0n) is 15.4. The molecule has 0 atom stereocenters. The lowest BCUT2D eigenvalue weighted by atomic mass is 10.2. The van der Waals surface area contributed by atoms with Crippen LogP contribution < -0.4 is 4.74 Å². The van der Waals surface area contributed by atoms with Crippen molar-refractivity contribution in [3.05, 3.63) is 59.9 Å². The Kier molecular flexibility index (Phi) is 7.24. The van der Waals surface area contributed by atoms with Crippen LogP contribution in [-0.4, -0.2) is 51.3 Å². The van der Waals surface area contributed by atoms with Gasteiger partial charge in [-0.15, -0.1) is 0 Å². The molecule has 0 spiro atoms. The number of rotatable bonds is 9. The average Bonchev–Trinajstić information content (AvgIpc) is 2.66. The van der Waals surface area contributed by atoms with E-state index in [0.717, 1.165) is 4.31 Å². The summed E-state index contributed by atoms with van der Waals surface area (Å²) in [5.74, 6) is -0.886. The molecule has 0 aliphatic carbocycles. The number of likely N-dealkylation sites (N-methyl/N-ethyl adjacent to an activating group) is 1. The van der Waals surface area contributed by atoms with Crippen LogP contribution in [0, 0.1) is 5.82 Å². The van der Waals surface area contributed by atoms with Gasteiger partial charge in [0.25, 0.3) is 0 Å². The van der Waals surface area contributed by atoms with E-state index in [2.05, 4.69) is 0 Å². The predicted molar refractivity (Wildman–Crippen MR) is 99.1 cm³/mol. The van der Waals surface area contributed by atoms with Gasteiger partial charge in [0.2, 0.25) is 10.0 Å². The number of halogens is 1. The summed E-state index contributed by atoms with van der Waals surface area (Å²) >= 11 is 0. The number of benzene rings is 2. The van der Waals surface area contributed by atoms with E-state index >= 15 is 0 Å². The molecule has 0 saturated carbocycles. The first-order valence-corrected chi connectivity index (χ1v) is 9.75. The molecule has 150 valence electrons. The lowest BCUT2D eigenvalue weighted by Crippen LogP contribution is -2.33. The standard InChI is InChI=1S/C19H20FNO6S/c1-14(22)15-3-9-18(10-4-15)28(24,25)21(2)13-19(23)27-12-11-26-17-7-5-16(20)6-8-17/h3-10H,11-13H2,1-2H3. The molecule has 0 bridgehead atoms. The van der Waals surface area contributed by atoms with Crippen molar-refractivity contribution < 1.29 is 31.9 Å². The number of carbonyl (C=O) groups excluding carboxylic acids is 2. The van der Waals surface area contributed by atoms with Crippen molar-refractivity contribution in [2.75, 3.05) is 26.8 Å². The van der Waals surface area contributed by atoms with E-state index in [0.29, 0.717) is 11.3 Å². The van der Waals surface area contributed by atoms with Gasteiger partial charge in [-0.1, -0.05) is 12.1 Å². The Balaban J connectivity index is 1.83. The topological polar surface area (TPSA) is 90.0 Å². The molecule has 0 unspecified atom stereocenters. The molecule has 0 aromatic heterocycles. The first kappa shape index (κ1) is 21.5. The summed E-state index contributed by atoms with van der Waals surface area (Å²) in [6, 6.07) is 10.8. The third-order valence-electron chi connectivity index (χ3n) is 3.75. The van der Waals surface area contributed by atoms with Crippen molar-refractivity contribution >= 4 is 21.8 Å². The van der Waals surface area contributed by atoms with Crippen molar-refractivity contribution in [3.8, 4) is 5.75 Å². The van der Waals surface area contributed by atoms with E-state index in [9.17, 15) is 22.4 Å². The summed E-state index contributed by atoms with van der Waals surface area (Å²) in [7, 11) is -2.65. The Morgan fingerprint density at radius 1 is 1.00 bits per heavy atom. The maximum atomic E-state index is 12.8. The Morgan fingerprint density at radius 3 is 2.18 bits per heavy atom. The van der Waals surface area contributed by atoms with E-state index in [4.69, 9.17) is 9.47 Å². The van der Waals surface area contributed by atoms with E-state index < -0.39 is 22.5 Å². The molecule has 0 aliphatic heterocycles. The van der Waals surface area contributed by atoms with E-state index in [1.54, 1.807) is 0 Å². The smallest absolute Gasteiger partial charge is 0.321 e. The van der Waals surface area contributed by atoms with Crippen molar-refractivity contribution in [2.45, 2.75) is 11.8 Å². The van der Waals surface area contributed by atoms with Gasteiger partial charge in [-0.3, -0.25) is 9.59 Å². The minimum Gasteiger partial charge on any atom is -0.490 e. The molecule has 2 rings (SSSR count). The molecule has 0 radical (unpaired) electrons. The summed E-state index contributed by atoms with van der Waals surface area (Å²) in [6.07, 6.45) is 0. The fourth-order valence-corrected chi connectivity index (χ4v) is 3.32.